The number of rotatable bonds is 7. The molecule has 0 aliphatic carbocycles. The molecule has 0 N–H and O–H groups in total. The van der Waals surface area contributed by atoms with Crippen LogP contribution in [-0.2, 0) is 9.84 Å². The predicted molar refractivity (Wildman–Crippen MR) is 97.3 cm³/mol. The normalized spacial score (nSPS) is 14.9. The molecule has 0 aromatic heterocycles. The lowest BCUT2D eigenvalue weighted by Crippen LogP contribution is -2.51. The zero-order valence-electron chi connectivity index (χ0n) is 14.0. The zero-order valence-corrected chi connectivity index (χ0v) is 14.8. The van der Waals surface area contributed by atoms with Crippen LogP contribution in [0.1, 0.15) is 18.4 Å². The van der Waals surface area contributed by atoms with Gasteiger partial charge in [-0.25, -0.2) is 8.42 Å². The largest absolute Gasteiger partial charge is 0.409 e. The average Bonchev–Trinajstić information content (AvgIpc) is 2.61. The molecule has 138 valence electrons. The van der Waals surface area contributed by atoms with E-state index < -0.39 is 33.6 Å². The van der Waals surface area contributed by atoms with Gasteiger partial charge in [0, 0.05) is 0 Å². The molecule has 0 aliphatic heterocycles. The smallest absolute Gasteiger partial charge is 0.223 e. The van der Waals surface area contributed by atoms with Crippen LogP contribution in [-0.4, -0.2) is 19.3 Å². The predicted octanol–water partition coefficient (Wildman–Crippen LogP) is 5.44. The molecule has 2 rings (SSSR count). The average molecular weight is 380 g/mol. The summed E-state index contributed by atoms with van der Waals surface area (Å²) < 4.78 is 64.9. The van der Waals surface area contributed by atoms with Crippen molar-refractivity contribution in [3.05, 3.63) is 85.0 Å². The molecule has 1 atom stereocenters. The van der Waals surface area contributed by atoms with Crippen LogP contribution in [0, 0.1) is 0 Å². The Hall–Kier alpha value is -2.34. The first kappa shape index (κ1) is 20.0. The highest BCUT2D eigenvalue weighted by atomic mass is 32.2. The van der Waals surface area contributed by atoms with Gasteiger partial charge in [-0.15, -0.1) is 6.58 Å². The first-order valence-electron chi connectivity index (χ1n) is 7.93. The molecule has 2 nitrogen and oxygen atoms in total. The molecule has 6 heteroatoms. The highest BCUT2D eigenvalue weighted by Gasteiger charge is 2.62. The van der Waals surface area contributed by atoms with Crippen molar-refractivity contribution in [2.24, 2.45) is 0 Å². The fourth-order valence-corrected chi connectivity index (χ4v) is 4.62. The molecule has 0 radical (unpaired) electrons. The molecule has 2 aromatic rings. The van der Waals surface area contributed by atoms with E-state index in [1.807, 2.05) is 0 Å². The molecule has 1 unspecified atom stereocenters. The maximum atomic E-state index is 14.0. The van der Waals surface area contributed by atoms with Crippen molar-refractivity contribution >= 4 is 15.9 Å². The Bertz CT molecular complexity index is 857. The van der Waals surface area contributed by atoms with Gasteiger partial charge in [-0.05, 0) is 30.5 Å². The fraction of sp³-hybridized carbons (Fsp3) is 0.200. The van der Waals surface area contributed by atoms with Crippen LogP contribution in [0.15, 0.2) is 84.3 Å². The summed E-state index contributed by atoms with van der Waals surface area (Å²) in [5.41, 5.74) is 0.694. The number of benzene rings is 2. The van der Waals surface area contributed by atoms with Crippen LogP contribution in [0.2, 0.25) is 0 Å². The Morgan fingerprint density at radius 2 is 1.42 bits per heavy atom. The van der Waals surface area contributed by atoms with Crippen molar-refractivity contribution in [3.63, 3.8) is 0 Å². The molecule has 0 spiro atoms. The van der Waals surface area contributed by atoms with E-state index in [4.69, 9.17) is 0 Å². The van der Waals surface area contributed by atoms with Gasteiger partial charge >= 0.3 is 6.18 Å². The third-order valence-corrected chi connectivity index (χ3v) is 6.60. The zero-order chi connectivity index (χ0) is 19.3. The van der Waals surface area contributed by atoms with Crippen LogP contribution in [0.5, 0.6) is 0 Å². The molecule has 0 heterocycles. The summed E-state index contributed by atoms with van der Waals surface area (Å²) in [6, 6.07) is 15.5. The molecule has 0 saturated carbocycles. The van der Waals surface area contributed by atoms with Crippen LogP contribution in [0.3, 0.4) is 0 Å². The van der Waals surface area contributed by atoms with E-state index >= 15 is 0 Å². The van der Waals surface area contributed by atoms with Crippen molar-refractivity contribution in [2.45, 2.75) is 28.7 Å². The standard InChI is InChI=1S/C20H19F3O2S/c1-2-15-19(20(21,22)23,16-9-12-17-10-5-3-6-11-17)26(24,25)18-13-7-4-8-14-18/h2-14H,1,15-16H2/b12-9+. The summed E-state index contributed by atoms with van der Waals surface area (Å²) >= 11 is 0. The lowest BCUT2D eigenvalue weighted by Gasteiger charge is -2.33. The molecule has 0 fully saturated rings. The van der Waals surface area contributed by atoms with E-state index in [2.05, 4.69) is 6.58 Å². The molecule has 2 aromatic carbocycles. The minimum absolute atomic E-state index is 0.354. The molecule has 0 aliphatic rings. The molecule has 26 heavy (non-hydrogen) atoms. The van der Waals surface area contributed by atoms with Gasteiger partial charge in [-0.1, -0.05) is 66.8 Å². The highest BCUT2D eigenvalue weighted by molar-refractivity contribution is 7.93. The van der Waals surface area contributed by atoms with Gasteiger partial charge in [0.25, 0.3) is 0 Å². The minimum atomic E-state index is -4.96. The first-order valence-corrected chi connectivity index (χ1v) is 9.42. The number of halogens is 3. The monoisotopic (exact) mass is 380 g/mol. The summed E-state index contributed by atoms with van der Waals surface area (Å²) in [6.07, 6.45) is -2.64. The van der Waals surface area contributed by atoms with Gasteiger partial charge in [0.05, 0.1) is 4.90 Å². The summed E-state index contributed by atoms with van der Waals surface area (Å²) in [6.45, 7) is 3.34. The van der Waals surface area contributed by atoms with Crippen LogP contribution in [0.4, 0.5) is 13.2 Å². The molecule has 0 bridgehead atoms. The second-order valence-corrected chi connectivity index (χ2v) is 8.08. The van der Waals surface area contributed by atoms with Crippen molar-refractivity contribution in [2.75, 3.05) is 0 Å². The Morgan fingerprint density at radius 1 is 0.885 bits per heavy atom. The number of sulfone groups is 1. The Balaban J connectivity index is 2.52. The Morgan fingerprint density at radius 3 is 1.92 bits per heavy atom. The molecule has 0 saturated heterocycles. The lowest BCUT2D eigenvalue weighted by atomic mass is 9.98. The van der Waals surface area contributed by atoms with Crippen LogP contribution in [0.25, 0.3) is 6.08 Å². The van der Waals surface area contributed by atoms with Crippen molar-refractivity contribution in [1.82, 2.24) is 0 Å². The van der Waals surface area contributed by atoms with Crippen LogP contribution < -0.4 is 0 Å². The Kier molecular flexibility index (Phi) is 6.08. The number of alkyl halides is 3. The molecular formula is C20H19F3O2S. The van der Waals surface area contributed by atoms with Gasteiger partial charge in [-0.3, -0.25) is 0 Å². The van der Waals surface area contributed by atoms with Crippen LogP contribution >= 0.6 is 0 Å². The highest BCUT2D eigenvalue weighted by Crippen LogP contribution is 2.46. The third kappa shape index (κ3) is 3.90. The van der Waals surface area contributed by atoms with E-state index in [0.717, 1.165) is 6.08 Å². The summed E-state index contributed by atoms with van der Waals surface area (Å²) in [5, 5.41) is 0. The summed E-state index contributed by atoms with van der Waals surface area (Å²) in [5.74, 6) is 0. The number of hydrogen-bond donors (Lipinski definition) is 0. The fourth-order valence-electron chi connectivity index (χ4n) is 2.69. The van der Waals surface area contributed by atoms with E-state index in [0.29, 0.717) is 5.56 Å². The van der Waals surface area contributed by atoms with Gasteiger partial charge in [0.2, 0.25) is 0 Å². The number of allylic oxidation sites excluding steroid dienone is 2. The Labute approximate surface area is 151 Å². The molecular weight excluding hydrogens is 361 g/mol. The second kappa shape index (κ2) is 7.91. The van der Waals surface area contributed by atoms with E-state index in [1.54, 1.807) is 36.4 Å². The number of hydrogen-bond acceptors (Lipinski definition) is 2. The van der Waals surface area contributed by atoms with E-state index in [9.17, 15) is 21.6 Å². The summed E-state index contributed by atoms with van der Waals surface area (Å²) in [7, 11) is -4.68. The third-order valence-electron chi connectivity index (χ3n) is 4.12. The SMILES string of the molecule is C=CCC(C/C=C/c1ccccc1)(C(F)(F)F)S(=O)(=O)c1ccccc1. The van der Waals surface area contributed by atoms with Gasteiger partial charge in [0.15, 0.2) is 14.6 Å². The minimum Gasteiger partial charge on any atom is -0.223 e. The molecule has 0 amide bonds. The topological polar surface area (TPSA) is 34.1 Å². The summed E-state index contributed by atoms with van der Waals surface area (Å²) in [4.78, 5) is -0.354. The quantitative estimate of drug-likeness (QED) is 0.599. The van der Waals surface area contributed by atoms with E-state index in [1.165, 1.54) is 36.4 Å². The lowest BCUT2D eigenvalue weighted by molar-refractivity contribution is -0.160. The first-order chi connectivity index (χ1) is 12.2. The van der Waals surface area contributed by atoms with Crippen molar-refractivity contribution in [3.8, 4) is 0 Å². The maximum absolute atomic E-state index is 14.0. The van der Waals surface area contributed by atoms with Gasteiger partial charge in [-0.2, -0.15) is 13.2 Å². The van der Waals surface area contributed by atoms with Crippen molar-refractivity contribution in [1.29, 1.82) is 0 Å². The van der Waals surface area contributed by atoms with E-state index in [-0.39, 0.29) is 4.90 Å². The maximum Gasteiger partial charge on any atom is 0.409 e. The van der Waals surface area contributed by atoms with Crippen molar-refractivity contribution < 1.29 is 21.6 Å². The van der Waals surface area contributed by atoms with Gasteiger partial charge in [0.1, 0.15) is 0 Å². The second-order valence-electron chi connectivity index (χ2n) is 5.82. The van der Waals surface area contributed by atoms with Gasteiger partial charge < -0.3 is 0 Å².